The largest absolute Gasteiger partial charge is 0.385 e. The van der Waals surface area contributed by atoms with Crippen LogP contribution in [0.15, 0.2) is 4.99 Å². The Morgan fingerprint density at radius 1 is 1.14 bits per heavy atom. The van der Waals surface area contributed by atoms with Crippen molar-refractivity contribution in [2.45, 2.75) is 83.3 Å². The van der Waals surface area contributed by atoms with Crippen molar-refractivity contribution in [2.75, 3.05) is 33.4 Å². The number of fused-ring (bicyclic) bond motifs is 2. The van der Waals surface area contributed by atoms with E-state index in [1.807, 2.05) is 7.11 Å². The van der Waals surface area contributed by atoms with Crippen LogP contribution in [-0.4, -0.2) is 51.5 Å². The van der Waals surface area contributed by atoms with Gasteiger partial charge < -0.3 is 20.1 Å². The van der Waals surface area contributed by atoms with Gasteiger partial charge in [-0.3, -0.25) is 4.99 Å². The van der Waals surface area contributed by atoms with Gasteiger partial charge in [-0.05, 0) is 50.9 Å². The molecule has 1 aliphatic heterocycles. The minimum atomic E-state index is 0. The van der Waals surface area contributed by atoms with Gasteiger partial charge in [0.15, 0.2) is 5.96 Å². The molecule has 6 heteroatoms. The summed E-state index contributed by atoms with van der Waals surface area (Å²) in [7, 11) is 1.81. The summed E-state index contributed by atoms with van der Waals surface area (Å²) in [4.78, 5) is 5.11. The Bertz CT molecular complexity index is 530. The van der Waals surface area contributed by atoms with Crippen LogP contribution < -0.4 is 10.6 Å². The second-order valence-corrected chi connectivity index (χ2v) is 9.45. The van der Waals surface area contributed by atoms with E-state index in [9.17, 15) is 0 Å². The number of hydrogen-bond acceptors (Lipinski definition) is 3. The molecule has 3 aliphatic carbocycles. The highest BCUT2D eigenvalue weighted by Gasteiger charge is 2.65. The number of rotatable bonds is 7. The number of nitrogens with zero attached hydrogens (tertiary/aromatic N) is 1. The van der Waals surface area contributed by atoms with Crippen molar-refractivity contribution >= 4 is 29.9 Å². The van der Waals surface area contributed by atoms with Crippen LogP contribution in [0.2, 0.25) is 0 Å². The molecule has 3 atom stereocenters. The van der Waals surface area contributed by atoms with Crippen molar-refractivity contribution in [3.8, 4) is 0 Å². The molecular weight excluding hydrogens is 465 g/mol. The van der Waals surface area contributed by atoms with Crippen molar-refractivity contribution < 1.29 is 9.47 Å². The Balaban J connectivity index is 0.00000225. The van der Waals surface area contributed by atoms with E-state index in [4.69, 9.17) is 14.5 Å². The van der Waals surface area contributed by atoms with E-state index in [-0.39, 0.29) is 24.0 Å². The summed E-state index contributed by atoms with van der Waals surface area (Å²) in [6.45, 7) is 5.81. The highest BCUT2D eigenvalue weighted by atomic mass is 127. The molecule has 4 fully saturated rings. The quantitative estimate of drug-likeness (QED) is 0.311. The van der Waals surface area contributed by atoms with E-state index in [0.717, 1.165) is 38.7 Å². The molecule has 0 bridgehead atoms. The maximum Gasteiger partial charge on any atom is 0.191 e. The minimum Gasteiger partial charge on any atom is -0.385 e. The summed E-state index contributed by atoms with van der Waals surface area (Å²) in [6, 6.07) is 0.545. The number of halogens is 1. The van der Waals surface area contributed by atoms with Crippen LogP contribution in [-0.2, 0) is 9.47 Å². The molecule has 1 spiro atoms. The van der Waals surface area contributed by atoms with Crippen LogP contribution in [0.3, 0.4) is 0 Å². The van der Waals surface area contributed by atoms with Gasteiger partial charge in [-0.15, -0.1) is 24.0 Å². The Morgan fingerprint density at radius 2 is 1.86 bits per heavy atom. The predicted octanol–water partition coefficient (Wildman–Crippen LogP) is 4.10. The van der Waals surface area contributed by atoms with Gasteiger partial charge in [-0.1, -0.05) is 25.7 Å². The fraction of sp³-hybridized carbons (Fsp3) is 0.955. The molecule has 1 saturated heterocycles. The predicted molar refractivity (Wildman–Crippen MR) is 124 cm³/mol. The number of ether oxygens (including phenoxy) is 2. The number of aliphatic imine (C=N–C) groups is 1. The third kappa shape index (κ3) is 4.20. The van der Waals surface area contributed by atoms with Crippen LogP contribution in [0.4, 0.5) is 0 Å². The Morgan fingerprint density at radius 3 is 2.54 bits per heavy atom. The molecular formula is C22H40IN3O2. The van der Waals surface area contributed by atoms with Crippen LogP contribution in [0, 0.1) is 16.7 Å². The standard InChI is InChI=1S/C22H39N3O2.HI/c1-3-23-20(24-16-21(13-15-26-2)9-4-5-10-21)25-18-17-8-14-27-19(17)22(18)11-6-7-12-22;/h17-19H,3-16H2,1-2H3,(H2,23,24,25);1H. The number of methoxy groups -OCH3 is 1. The number of hydrogen-bond donors (Lipinski definition) is 2. The summed E-state index contributed by atoms with van der Waals surface area (Å²) in [5.74, 6) is 1.71. The van der Waals surface area contributed by atoms with E-state index >= 15 is 0 Å². The molecule has 0 aromatic heterocycles. The second-order valence-electron chi connectivity index (χ2n) is 9.45. The van der Waals surface area contributed by atoms with Crippen LogP contribution in [0.5, 0.6) is 0 Å². The third-order valence-electron chi connectivity index (χ3n) is 8.00. The summed E-state index contributed by atoms with van der Waals surface area (Å²) in [5, 5.41) is 7.42. The van der Waals surface area contributed by atoms with Crippen molar-refractivity contribution in [1.82, 2.24) is 10.6 Å². The first kappa shape index (κ1) is 22.6. The van der Waals surface area contributed by atoms with Gasteiger partial charge in [0.2, 0.25) is 0 Å². The maximum atomic E-state index is 6.15. The fourth-order valence-electron chi connectivity index (χ4n) is 6.55. The lowest BCUT2D eigenvalue weighted by Gasteiger charge is -2.57. The molecule has 4 aliphatic rings. The first-order valence-electron chi connectivity index (χ1n) is 11.4. The fourth-order valence-corrected chi connectivity index (χ4v) is 6.55. The van der Waals surface area contributed by atoms with Gasteiger partial charge in [-0.25, -0.2) is 0 Å². The average Bonchev–Trinajstić information content (AvgIpc) is 3.42. The monoisotopic (exact) mass is 505 g/mol. The molecule has 1 heterocycles. The summed E-state index contributed by atoms with van der Waals surface area (Å²) in [6.07, 6.45) is 13.5. The molecule has 5 nitrogen and oxygen atoms in total. The van der Waals surface area contributed by atoms with E-state index < -0.39 is 0 Å². The van der Waals surface area contributed by atoms with Gasteiger partial charge in [-0.2, -0.15) is 0 Å². The van der Waals surface area contributed by atoms with Gasteiger partial charge in [0.25, 0.3) is 0 Å². The molecule has 0 aromatic rings. The molecule has 162 valence electrons. The SMILES string of the molecule is CCNC(=NCC1(CCOC)CCCC1)NC1C2CCOC2C12CCCC2.I. The van der Waals surface area contributed by atoms with Gasteiger partial charge in [0.05, 0.1) is 6.10 Å². The van der Waals surface area contributed by atoms with Gasteiger partial charge in [0.1, 0.15) is 0 Å². The van der Waals surface area contributed by atoms with Crippen LogP contribution >= 0.6 is 24.0 Å². The zero-order valence-electron chi connectivity index (χ0n) is 17.8. The summed E-state index contributed by atoms with van der Waals surface area (Å²) in [5.41, 5.74) is 0.723. The van der Waals surface area contributed by atoms with Crippen molar-refractivity contribution in [1.29, 1.82) is 0 Å². The van der Waals surface area contributed by atoms with Crippen molar-refractivity contribution in [3.05, 3.63) is 0 Å². The second kappa shape index (κ2) is 9.82. The van der Waals surface area contributed by atoms with E-state index in [2.05, 4.69) is 17.6 Å². The number of guanidine groups is 1. The molecule has 4 rings (SSSR count). The normalized spacial score (nSPS) is 32.6. The topological polar surface area (TPSA) is 54.9 Å². The lowest BCUT2D eigenvalue weighted by Crippen LogP contribution is -2.69. The smallest absolute Gasteiger partial charge is 0.191 e. The molecule has 0 aromatic carbocycles. The molecule has 0 radical (unpaired) electrons. The van der Waals surface area contributed by atoms with Crippen molar-refractivity contribution in [2.24, 2.45) is 21.7 Å². The van der Waals surface area contributed by atoms with Crippen LogP contribution in [0.1, 0.15) is 71.1 Å². The highest BCUT2D eigenvalue weighted by Crippen LogP contribution is 2.60. The average molecular weight is 505 g/mol. The highest BCUT2D eigenvalue weighted by molar-refractivity contribution is 14.0. The summed E-state index contributed by atoms with van der Waals surface area (Å²) < 4.78 is 11.5. The first-order chi connectivity index (χ1) is 13.2. The maximum absolute atomic E-state index is 6.15. The third-order valence-corrected chi connectivity index (χ3v) is 8.00. The Labute approximate surface area is 188 Å². The number of nitrogens with one attached hydrogen (secondary N) is 2. The van der Waals surface area contributed by atoms with E-state index in [1.54, 1.807) is 0 Å². The molecule has 2 N–H and O–H groups in total. The van der Waals surface area contributed by atoms with Gasteiger partial charge in [0, 0.05) is 50.8 Å². The van der Waals surface area contributed by atoms with E-state index in [0.29, 0.717) is 28.9 Å². The lowest BCUT2D eigenvalue weighted by atomic mass is 9.54. The minimum absolute atomic E-state index is 0. The first-order valence-corrected chi connectivity index (χ1v) is 11.4. The Hall–Kier alpha value is -0.0800. The molecule has 0 amide bonds. The zero-order chi connectivity index (χ0) is 18.7. The van der Waals surface area contributed by atoms with Crippen molar-refractivity contribution in [3.63, 3.8) is 0 Å². The Kier molecular flexibility index (Phi) is 7.93. The van der Waals surface area contributed by atoms with Gasteiger partial charge >= 0.3 is 0 Å². The van der Waals surface area contributed by atoms with E-state index in [1.165, 1.54) is 57.8 Å². The molecule has 3 saturated carbocycles. The lowest BCUT2D eigenvalue weighted by molar-refractivity contribution is -0.125. The molecule has 28 heavy (non-hydrogen) atoms. The molecule has 3 unspecified atom stereocenters. The van der Waals surface area contributed by atoms with Crippen LogP contribution in [0.25, 0.3) is 0 Å². The summed E-state index contributed by atoms with van der Waals surface area (Å²) >= 11 is 0. The zero-order valence-corrected chi connectivity index (χ0v) is 20.1.